The van der Waals surface area contributed by atoms with E-state index in [1.807, 2.05) is 7.05 Å². The number of nitrogens with one attached hydrogen (secondary N) is 1. The van der Waals surface area contributed by atoms with Crippen LogP contribution in [0.3, 0.4) is 0 Å². The first-order valence-electron chi connectivity index (χ1n) is 5.92. The third kappa shape index (κ3) is 3.27. The van der Waals surface area contributed by atoms with Crippen molar-refractivity contribution >= 4 is 11.3 Å². The Balaban J connectivity index is 2.90. The number of rotatable bonds is 7. The Kier molecular flexibility index (Phi) is 5.95. The number of hydrogen-bond donors (Lipinski definition) is 1. The highest BCUT2D eigenvalue weighted by atomic mass is 32.1. The van der Waals surface area contributed by atoms with Crippen molar-refractivity contribution in [3.63, 3.8) is 0 Å². The lowest BCUT2D eigenvalue weighted by Gasteiger charge is -2.08. The topological polar surface area (TPSA) is 34.1 Å². The summed E-state index contributed by atoms with van der Waals surface area (Å²) in [6, 6.07) is 0. The monoisotopic (exact) mass is 242 g/mol. The van der Waals surface area contributed by atoms with Gasteiger partial charge in [0, 0.05) is 18.5 Å². The predicted octanol–water partition coefficient (Wildman–Crippen LogP) is 2.91. The van der Waals surface area contributed by atoms with Crippen molar-refractivity contribution in [1.29, 1.82) is 0 Å². The van der Waals surface area contributed by atoms with Crippen LogP contribution in [0.1, 0.15) is 48.4 Å². The molecule has 1 aromatic heterocycles. The highest BCUT2D eigenvalue weighted by Gasteiger charge is 2.16. The van der Waals surface area contributed by atoms with Gasteiger partial charge < -0.3 is 10.1 Å². The third-order valence-corrected chi connectivity index (χ3v) is 3.74. The summed E-state index contributed by atoms with van der Waals surface area (Å²) >= 11 is 1.78. The van der Waals surface area contributed by atoms with Crippen LogP contribution in [-0.4, -0.2) is 19.1 Å². The fourth-order valence-electron chi connectivity index (χ4n) is 1.71. The summed E-state index contributed by atoms with van der Waals surface area (Å²) in [5, 5.41) is 4.32. The molecule has 0 fully saturated rings. The van der Waals surface area contributed by atoms with Gasteiger partial charge >= 0.3 is 0 Å². The number of methoxy groups -OCH3 is 1. The standard InChI is InChI=1S/C12H22N2OS/c1-5-7-9-11(8-13-3)16-12(14-9)10(6-2)15-4/h10,13H,5-8H2,1-4H3. The minimum absolute atomic E-state index is 0.159. The van der Waals surface area contributed by atoms with Crippen molar-refractivity contribution in [2.75, 3.05) is 14.2 Å². The molecule has 16 heavy (non-hydrogen) atoms. The first-order valence-corrected chi connectivity index (χ1v) is 6.74. The minimum Gasteiger partial charge on any atom is -0.374 e. The molecule has 0 radical (unpaired) electrons. The average molecular weight is 242 g/mol. The van der Waals surface area contributed by atoms with Crippen LogP contribution in [-0.2, 0) is 17.7 Å². The molecule has 0 amide bonds. The van der Waals surface area contributed by atoms with Crippen LogP contribution in [0.15, 0.2) is 0 Å². The smallest absolute Gasteiger partial charge is 0.122 e. The average Bonchev–Trinajstić information content (AvgIpc) is 2.65. The Morgan fingerprint density at radius 2 is 2.19 bits per heavy atom. The van der Waals surface area contributed by atoms with Gasteiger partial charge in [0.1, 0.15) is 11.1 Å². The zero-order valence-corrected chi connectivity index (χ0v) is 11.5. The van der Waals surface area contributed by atoms with Gasteiger partial charge in [0.25, 0.3) is 0 Å². The number of hydrogen-bond acceptors (Lipinski definition) is 4. The van der Waals surface area contributed by atoms with Gasteiger partial charge in [-0.15, -0.1) is 11.3 Å². The van der Waals surface area contributed by atoms with Gasteiger partial charge in [-0.25, -0.2) is 4.98 Å². The van der Waals surface area contributed by atoms with Gasteiger partial charge in [0.15, 0.2) is 0 Å². The van der Waals surface area contributed by atoms with Gasteiger partial charge in [-0.3, -0.25) is 0 Å². The Morgan fingerprint density at radius 3 is 2.69 bits per heavy atom. The van der Waals surface area contributed by atoms with Crippen molar-refractivity contribution < 1.29 is 4.74 Å². The first-order chi connectivity index (χ1) is 7.76. The van der Waals surface area contributed by atoms with E-state index in [2.05, 4.69) is 19.2 Å². The van der Waals surface area contributed by atoms with Crippen molar-refractivity contribution in [2.24, 2.45) is 0 Å². The maximum absolute atomic E-state index is 5.44. The highest BCUT2D eigenvalue weighted by Crippen LogP contribution is 2.28. The normalized spacial score (nSPS) is 13.0. The van der Waals surface area contributed by atoms with Crippen LogP contribution in [0.5, 0.6) is 0 Å². The third-order valence-electron chi connectivity index (χ3n) is 2.55. The Bertz CT molecular complexity index is 284. The van der Waals surface area contributed by atoms with Gasteiger partial charge in [-0.2, -0.15) is 0 Å². The van der Waals surface area contributed by atoms with E-state index in [1.165, 1.54) is 10.6 Å². The molecule has 0 saturated heterocycles. The quantitative estimate of drug-likeness (QED) is 0.798. The Hall–Kier alpha value is -0.450. The Morgan fingerprint density at radius 1 is 1.44 bits per heavy atom. The zero-order valence-electron chi connectivity index (χ0n) is 10.7. The van der Waals surface area contributed by atoms with Crippen LogP contribution >= 0.6 is 11.3 Å². The highest BCUT2D eigenvalue weighted by molar-refractivity contribution is 7.11. The molecule has 0 saturated carbocycles. The molecule has 4 heteroatoms. The lowest BCUT2D eigenvalue weighted by Crippen LogP contribution is -2.05. The molecule has 0 aliphatic rings. The van der Waals surface area contributed by atoms with Crippen molar-refractivity contribution in [3.05, 3.63) is 15.6 Å². The van der Waals surface area contributed by atoms with E-state index in [4.69, 9.17) is 9.72 Å². The summed E-state index contributed by atoms with van der Waals surface area (Å²) < 4.78 is 5.44. The van der Waals surface area contributed by atoms with Gasteiger partial charge in [-0.1, -0.05) is 20.3 Å². The summed E-state index contributed by atoms with van der Waals surface area (Å²) in [4.78, 5) is 6.07. The summed E-state index contributed by atoms with van der Waals surface area (Å²) in [6.07, 6.45) is 3.34. The first kappa shape index (κ1) is 13.6. The summed E-state index contributed by atoms with van der Waals surface area (Å²) in [5.74, 6) is 0. The number of aryl methyl sites for hydroxylation is 1. The molecule has 0 bridgehead atoms. The molecule has 0 aromatic carbocycles. The predicted molar refractivity (Wildman–Crippen MR) is 68.9 cm³/mol. The second-order valence-corrected chi connectivity index (χ2v) is 4.95. The van der Waals surface area contributed by atoms with Crippen molar-refractivity contribution in [2.45, 2.75) is 45.8 Å². The van der Waals surface area contributed by atoms with Crippen LogP contribution < -0.4 is 5.32 Å². The molecule has 1 heterocycles. The molecule has 1 atom stereocenters. The maximum atomic E-state index is 5.44. The SMILES string of the molecule is CCCc1nc(C(CC)OC)sc1CNC. The molecule has 3 nitrogen and oxygen atoms in total. The van der Waals surface area contributed by atoms with Crippen LogP contribution in [0.4, 0.5) is 0 Å². The molecule has 0 aliphatic heterocycles. The van der Waals surface area contributed by atoms with E-state index < -0.39 is 0 Å². The summed E-state index contributed by atoms with van der Waals surface area (Å²) in [7, 11) is 3.73. The van der Waals surface area contributed by atoms with Crippen LogP contribution in [0.2, 0.25) is 0 Å². The van der Waals surface area contributed by atoms with Crippen molar-refractivity contribution in [1.82, 2.24) is 10.3 Å². The summed E-state index contributed by atoms with van der Waals surface area (Å²) in [6.45, 7) is 5.23. The number of ether oxygens (including phenoxy) is 1. The minimum atomic E-state index is 0.159. The molecule has 1 rings (SSSR count). The lowest BCUT2D eigenvalue weighted by molar-refractivity contribution is 0.0996. The van der Waals surface area contributed by atoms with E-state index in [1.54, 1.807) is 18.4 Å². The van der Waals surface area contributed by atoms with Crippen LogP contribution in [0, 0.1) is 0 Å². The summed E-state index contributed by atoms with van der Waals surface area (Å²) in [5.41, 5.74) is 1.24. The maximum Gasteiger partial charge on any atom is 0.122 e. The van der Waals surface area contributed by atoms with Gasteiger partial charge in [0.05, 0.1) is 5.69 Å². The number of thiazole rings is 1. The van der Waals surface area contributed by atoms with Gasteiger partial charge in [0.2, 0.25) is 0 Å². The largest absolute Gasteiger partial charge is 0.374 e. The molecule has 0 aliphatic carbocycles. The fraction of sp³-hybridized carbons (Fsp3) is 0.750. The molecular weight excluding hydrogens is 220 g/mol. The molecule has 1 N–H and O–H groups in total. The molecule has 1 unspecified atom stereocenters. The van der Waals surface area contributed by atoms with E-state index in [0.29, 0.717) is 0 Å². The zero-order chi connectivity index (χ0) is 12.0. The number of nitrogens with zero attached hydrogens (tertiary/aromatic N) is 1. The van der Waals surface area contributed by atoms with Gasteiger partial charge in [-0.05, 0) is 19.9 Å². The molecule has 0 spiro atoms. The number of aromatic nitrogens is 1. The van der Waals surface area contributed by atoms with E-state index >= 15 is 0 Å². The van der Waals surface area contributed by atoms with E-state index in [0.717, 1.165) is 30.8 Å². The van der Waals surface area contributed by atoms with E-state index in [9.17, 15) is 0 Å². The second-order valence-electron chi connectivity index (χ2n) is 3.83. The Labute approximate surface area is 102 Å². The van der Waals surface area contributed by atoms with Crippen molar-refractivity contribution in [3.8, 4) is 0 Å². The lowest BCUT2D eigenvalue weighted by atomic mass is 10.2. The fourth-order valence-corrected chi connectivity index (χ4v) is 3.00. The molecule has 1 aromatic rings. The second kappa shape index (κ2) is 6.99. The van der Waals surface area contributed by atoms with Crippen LogP contribution in [0.25, 0.3) is 0 Å². The molecular formula is C12H22N2OS. The molecule has 92 valence electrons. The van der Waals surface area contributed by atoms with E-state index in [-0.39, 0.29) is 6.10 Å².